The number of benzene rings is 2. The maximum absolute atomic E-state index is 12.3. The molecule has 0 aliphatic heterocycles. The second-order valence-electron chi connectivity index (χ2n) is 6.05. The van der Waals surface area contributed by atoms with E-state index in [1.54, 1.807) is 25.4 Å². The minimum atomic E-state index is -0.178. The summed E-state index contributed by atoms with van der Waals surface area (Å²) in [7, 11) is 1.62. The Morgan fingerprint density at radius 2 is 1.89 bits per heavy atom. The summed E-state index contributed by atoms with van der Waals surface area (Å²) in [5.41, 5.74) is 3.34. The molecule has 1 heterocycles. The molecule has 0 saturated heterocycles. The van der Waals surface area contributed by atoms with Gasteiger partial charge < -0.3 is 15.4 Å². The van der Waals surface area contributed by atoms with Crippen LogP contribution in [0.25, 0.3) is 0 Å². The predicted molar refractivity (Wildman–Crippen MR) is 108 cm³/mol. The second-order valence-corrected chi connectivity index (χ2v) is 6.46. The van der Waals surface area contributed by atoms with Crippen molar-refractivity contribution in [2.24, 2.45) is 0 Å². The molecule has 138 valence electrons. The van der Waals surface area contributed by atoms with Crippen molar-refractivity contribution in [2.45, 2.75) is 13.5 Å². The van der Waals surface area contributed by atoms with Crippen molar-refractivity contribution in [3.05, 3.63) is 82.5 Å². The molecule has 0 unspecified atom stereocenters. The van der Waals surface area contributed by atoms with E-state index in [1.807, 2.05) is 49.4 Å². The van der Waals surface area contributed by atoms with Gasteiger partial charge in [0.1, 0.15) is 11.6 Å². The molecule has 27 heavy (non-hydrogen) atoms. The summed E-state index contributed by atoms with van der Waals surface area (Å²) < 4.78 is 5.12. The molecule has 0 saturated carbocycles. The van der Waals surface area contributed by atoms with Gasteiger partial charge in [0.2, 0.25) is 0 Å². The first-order valence-electron chi connectivity index (χ1n) is 8.45. The zero-order valence-corrected chi connectivity index (χ0v) is 15.9. The van der Waals surface area contributed by atoms with Gasteiger partial charge in [-0.05, 0) is 54.4 Å². The fraction of sp³-hybridized carbons (Fsp3) is 0.143. The van der Waals surface area contributed by atoms with Gasteiger partial charge in [0, 0.05) is 23.5 Å². The van der Waals surface area contributed by atoms with Gasteiger partial charge in [0.05, 0.1) is 12.7 Å². The van der Waals surface area contributed by atoms with Gasteiger partial charge in [0.25, 0.3) is 5.91 Å². The van der Waals surface area contributed by atoms with Crippen LogP contribution >= 0.6 is 11.6 Å². The fourth-order valence-electron chi connectivity index (χ4n) is 2.45. The maximum Gasteiger partial charge on any atom is 0.253 e. The summed E-state index contributed by atoms with van der Waals surface area (Å²) in [6.07, 6.45) is 1.54. The number of aromatic nitrogens is 1. The number of halogens is 1. The van der Waals surface area contributed by atoms with Gasteiger partial charge in [-0.1, -0.05) is 29.8 Å². The Bertz CT molecular complexity index is 925. The van der Waals surface area contributed by atoms with Crippen LogP contribution in [0.2, 0.25) is 5.02 Å². The molecule has 3 rings (SSSR count). The Balaban J connectivity index is 1.58. The molecule has 5 nitrogen and oxygen atoms in total. The predicted octanol–water partition coefficient (Wildman–Crippen LogP) is 4.73. The van der Waals surface area contributed by atoms with Crippen molar-refractivity contribution < 1.29 is 9.53 Å². The zero-order valence-electron chi connectivity index (χ0n) is 15.1. The third kappa shape index (κ3) is 4.99. The number of nitrogens with zero attached hydrogens (tertiary/aromatic N) is 1. The minimum absolute atomic E-state index is 0.178. The topological polar surface area (TPSA) is 63.2 Å². The molecule has 1 amide bonds. The Morgan fingerprint density at radius 3 is 2.52 bits per heavy atom. The van der Waals surface area contributed by atoms with Crippen molar-refractivity contribution in [1.82, 2.24) is 10.3 Å². The summed E-state index contributed by atoms with van der Waals surface area (Å²) in [4.78, 5) is 16.6. The molecule has 0 spiro atoms. The lowest BCUT2D eigenvalue weighted by Gasteiger charge is -2.09. The highest BCUT2D eigenvalue weighted by Gasteiger charge is 2.07. The van der Waals surface area contributed by atoms with E-state index in [2.05, 4.69) is 15.6 Å². The van der Waals surface area contributed by atoms with E-state index in [-0.39, 0.29) is 5.91 Å². The quantitative estimate of drug-likeness (QED) is 0.648. The largest absolute Gasteiger partial charge is 0.497 e. The molecular formula is C21H20ClN3O2. The number of rotatable bonds is 6. The first-order chi connectivity index (χ1) is 13.0. The molecule has 2 aromatic carbocycles. The molecule has 3 aromatic rings. The zero-order chi connectivity index (χ0) is 19.2. The Labute approximate surface area is 163 Å². The van der Waals surface area contributed by atoms with Crippen molar-refractivity contribution in [2.75, 3.05) is 12.4 Å². The molecular weight excluding hydrogens is 362 g/mol. The van der Waals surface area contributed by atoms with Crippen molar-refractivity contribution in [3.63, 3.8) is 0 Å². The fourth-order valence-corrected chi connectivity index (χ4v) is 2.63. The van der Waals surface area contributed by atoms with Crippen molar-refractivity contribution >= 4 is 29.0 Å². The summed E-state index contributed by atoms with van der Waals surface area (Å²) >= 11 is 6.13. The van der Waals surface area contributed by atoms with Crippen LogP contribution in [0.4, 0.5) is 11.5 Å². The number of methoxy groups -OCH3 is 1. The average molecular weight is 382 g/mol. The molecule has 0 aliphatic carbocycles. The lowest BCUT2D eigenvalue weighted by molar-refractivity contribution is 0.0950. The number of amides is 1. The van der Waals surface area contributed by atoms with Crippen LogP contribution in [-0.2, 0) is 6.54 Å². The molecule has 1 aromatic heterocycles. The number of carbonyl (C=O) groups is 1. The SMILES string of the molecule is COc1ccc(CNC(=O)c2ccc(Nc3ccc(C)c(Cl)c3)nc2)cc1. The van der Waals surface area contributed by atoms with Crippen molar-refractivity contribution in [3.8, 4) is 5.75 Å². The third-order valence-corrected chi connectivity index (χ3v) is 4.49. The number of carbonyl (C=O) groups excluding carboxylic acids is 1. The van der Waals surface area contributed by atoms with Gasteiger partial charge >= 0.3 is 0 Å². The normalized spacial score (nSPS) is 10.3. The Morgan fingerprint density at radius 1 is 1.11 bits per heavy atom. The van der Waals surface area contributed by atoms with Gasteiger partial charge in [-0.2, -0.15) is 0 Å². The summed E-state index contributed by atoms with van der Waals surface area (Å²) in [5, 5.41) is 6.73. The highest BCUT2D eigenvalue weighted by atomic mass is 35.5. The first kappa shape index (κ1) is 18.7. The molecule has 0 bridgehead atoms. The van der Waals surface area contributed by atoms with E-state index in [9.17, 15) is 4.79 Å². The van der Waals surface area contributed by atoms with Crippen LogP contribution in [0.3, 0.4) is 0 Å². The Kier molecular flexibility index (Phi) is 5.94. The first-order valence-corrected chi connectivity index (χ1v) is 8.83. The minimum Gasteiger partial charge on any atom is -0.497 e. The molecule has 6 heteroatoms. The van der Waals surface area contributed by atoms with E-state index in [4.69, 9.17) is 16.3 Å². The van der Waals surface area contributed by atoms with Crippen LogP contribution in [0.1, 0.15) is 21.5 Å². The molecule has 0 radical (unpaired) electrons. The van der Waals surface area contributed by atoms with Gasteiger partial charge in [0.15, 0.2) is 0 Å². The number of ether oxygens (including phenoxy) is 1. The van der Waals surface area contributed by atoms with Crippen LogP contribution in [-0.4, -0.2) is 18.0 Å². The molecule has 2 N–H and O–H groups in total. The average Bonchev–Trinajstić information content (AvgIpc) is 2.70. The lowest BCUT2D eigenvalue weighted by atomic mass is 10.2. The van der Waals surface area contributed by atoms with Crippen LogP contribution in [0.5, 0.6) is 5.75 Å². The summed E-state index contributed by atoms with van der Waals surface area (Å²) in [6, 6.07) is 16.7. The van der Waals surface area contributed by atoms with E-state index in [0.29, 0.717) is 22.9 Å². The van der Waals surface area contributed by atoms with Crippen LogP contribution < -0.4 is 15.4 Å². The van der Waals surface area contributed by atoms with Gasteiger partial charge in [-0.15, -0.1) is 0 Å². The number of aryl methyl sites for hydroxylation is 1. The Hall–Kier alpha value is -3.05. The third-order valence-electron chi connectivity index (χ3n) is 4.08. The highest BCUT2D eigenvalue weighted by Crippen LogP contribution is 2.22. The summed E-state index contributed by atoms with van der Waals surface area (Å²) in [5.74, 6) is 1.25. The van der Waals surface area contributed by atoms with Gasteiger partial charge in [-0.3, -0.25) is 4.79 Å². The standard InChI is InChI=1S/C21H20ClN3O2/c1-14-3-7-17(11-19(14)22)25-20-10-6-16(13-23-20)21(26)24-12-15-4-8-18(27-2)9-5-15/h3-11,13H,12H2,1-2H3,(H,23,25)(H,24,26). The summed E-state index contributed by atoms with van der Waals surface area (Å²) in [6.45, 7) is 2.38. The number of hydrogen-bond acceptors (Lipinski definition) is 4. The van der Waals surface area contributed by atoms with Crippen LogP contribution in [0, 0.1) is 6.92 Å². The van der Waals surface area contributed by atoms with Crippen LogP contribution in [0.15, 0.2) is 60.8 Å². The van der Waals surface area contributed by atoms with E-state index in [0.717, 1.165) is 22.6 Å². The molecule has 0 atom stereocenters. The lowest BCUT2D eigenvalue weighted by Crippen LogP contribution is -2.22. The molecule has 0 aliphatic rings. The number of anilines is 2. The monoisotopic (exact) mass is 381 g/mol. The van der Waals surface area contributed by atoms with Crippen molar-refractivity contribution in [1.29, 1.82) is 0 Å². The number of pyridine rings is 1. The second kappa shape index (κ2) is 8.56. The highest BCUT2D eigenvalue weighted by molar-refractivity contribution is 6.31. The number of hydrogen-bond donors (Lipinski definition) is 2. The number of nitrogens with one attached hydrogen (secondary N) is 2. The van der Waals surface area contributed by atoms with E-state index < -0.39 is 0 Å². The maximum atomic E-state index is 12.3. The van der Waals surface area contributed by atoms with E-state index in [1.165, 1.54) is 0 Å². The smallest absolute Gasteiger partial charge is 0.253 e. The van der Waals surface area contributed by atoms with Gasteiger partial charge in [-0.25, -0.2) is 4.98 Å². The van der Waals surface area contributed by atoms with E-state index >= 15 is 0 Å². The molecule has 0 fully saturated rings.